The van der Waals surface area contributed by atoms with E-state index in [1.54, 1.807) is 0 Å². The Labute approximate surface area is 115 Å². The molecule has 1 fully saturated rings. The average molecular weight is 266 g/mol. The van der Waals surface area contributed by atoms with Crippen LogP contribution in [-0.4, -0.2) is 29.3 Å². The van der Waals surface area contributed by atoms with Crippen LogP contribution in [0.15, 0.2) is 4.42 Å². The van der Waals surface area contributed by atoms with E-state index in [1.165, 1.54) is 12.8 Å². The third-order valence-electron chi connectivity index (χ3n) is 4.12. The van der Waals surface area contributed by atoms with Gasteiger partial charge in [0.15, 0.2) is 0 Å². The predicted molar refractivity (Wildman–Crippen MR) is 76.2 cm³/mol. The molecular weight excluding hydrogens is 240 g/mol. The van der Waals surface area contributed by atoms with Gasteiger partial charge in [-0.3, -0.25) is 0 Å². The maximum atomic E-state index is 5.84. The van der Waals surface area contributed by atoms with E-state index >= 15 is 0 Å². The zero-order valence-corrected chi connectivity index (χ0v) is 12.5. The van der Waals surface area contributed by atoms with Gasteiger partial charge in [0.1, 0.15) is 0 Å². The van der Waals surface area contributed by atoms with Crippen LogP contribution in [0, 0.1) is 5.92 Å². The number of rotatable bonds is 5. The highest BCUT2D eigenvalue weighted by atomic mass is 16.4. The first-order valence-corrected chi connectivity index (χ1v) is 7.47. The summed E-state index contributed by atoms with van der Waals surface area (Å²) in [6.45, 7) is 10.7. The molecule has 0 aromatic carbocycles. The van der Waals surface area contributed by atoms with Crippen molar-refractivity contribution in [2.75, 3.05) is 18.0 Å². The van der Waals surface area contributed by atoms with Crippen LogP contribution in [-0.2, 0) is 0 Å². The highest BCUT2D eigenvalue weighted by Crippen LogP contribution is 2.28. The summed E-state index contributed by atoms with van der Waals surface area (Å²) in [4.78, 5) is 2.25. The second-order valence-corrected chi connectivity index (χ2v) is 5.65. The average Bonchev–Trinajstić information content (AvgIpc) is 2.88. The van der Waals surface area contributed by atoms with Crippen LogP contribution in [0.25, 0.3) is 0 Å². The zero-order chi connectivity index (χ0) is 13.8. The Bertz CT molecular complexity index is 393. The van der Waals surface area contributed by atoms with Gasteiger partial charge >= 0.3 is 6.01 Å². The number of hydrogen-bond acceptors (Lipinski definition) is 5. The predicted octanol–water partition coefficient (Wildman–Crippen LogP) is 2.76. The van der Waals surface area contributed by atoms with Crippen LogP contribution < -0.4 is 10.2 Å². The molecule has 108 valence electrons. The van der Waals surface area contributed by atoms with Gasteiger partial charge in [-0.2, -0.15) is 0 Å². The molecule has 0 saturated carbocycles. The van der Waals surface area contributed by atoms with E-state index in [0.29, 0.717) is 23.9 Å². The van der Waals surface area contributed by atoms with E-state index in [1.807, 2.05) is 0 Å². The number of piperidine rings is 1. The summed E-state index contributed by atoms with van der Waals surface area (Å²) in [5, 5.41) is 11.8. The van der Waals surface area contributed by atoms with E-state index < -0.39 is 0 Å². The summed E-state index contributed by atoms with van der Waals surface area (Å²) in [7, 11) is 0. The summed E-state index contributed by atoms with van der Waals surface area (Å²) in [6.07, 6.45) is 3.59. The summed E-state index contributed by atoms with van der Waals surface area (Å²) in [5.74, 6) is 1.37. The lowest BCUT2D eigenvalue weighted by Gasteiger charge is -2.36. The first-order valence-electron chi connectivity index (χ1n) is 7.47. The normalized spacial score (nSPS) is 25.6. The standard InChI is InChI=1S/C14H26N4O/c1-5-8-15-11(3)13-16-17-14(19-13)18-9-6-7-10(2)12(18)4/h10-12,15H,5-9H2,1-4H3. The highest BCUT2D eigenvalue weighted by molar-refractivity contribution is 5.27. The molecule has 5 heteroatoms. The summed E-state index contributed by atoms with van der Waals surface area (Å²) < 4.78 is 5.84. The molecule has 0 aliphatic carbocycles. The fourth-order valence-electron chi connectivity index (χ4n) is 2.57. The minimum absolute atomic E-state index is 0.124. The van der Waals surface area contributed by atoms with Gasteiger partial charge in [-0.05, 0) is 45.6 Å². The van der Waals surface area contributed by atoms with Crippen molar-refractivity contribution in [1.82, 2.24) is 15.5 Å². The van der Waals surface area contributed by atoms with E-state index in [2.05, 4.69) is 48.1 Å². The number of aromatic nitrogens is 2. The molecule has 1 aliphatic heterocycles. The first-order chi connectivity index (χ1) is 9.13. The van der Waals surface area contributed by atoms with E-state index in [0.717, 1.165) is 19.5 Å². The molecule has 1 aromatic heterocycles. The van der Waals surface area contributed by atoms with Crippen molar-refractivity contribution in [3.05, 3.63) is 5.89 Å². The van der Waals surface area contributed by atoms with E-state index in [-0.39, 0.29) is 6.04 Å². The van der Waals surface area contributed by atoms with Crippen LogP contribution in [0.3, 0.4) is 0 Å². The van der Waals surface area contributed by atoms with Crippen molar-refractivity contribution in [1.29, 1.82) is 0 Å². The first kappa shape index (κ1) is 14.3. The van der Waals surface area contributed by atoms with Gasteiger partial charge in [-0.25, -0.2) is 0 Å². The molecule has 0 spiro atoms. The Morgan fingerprint density at radius 3 is 2.95 bits per heavy atom. The summed E-state index contributed by atoms with van der Waals surface area (Å²) in [5.41, 5.74) is 0. The number of nitrogens with zero attached hydrogens (tertiary/aromatic N) is 3. The lowest BCUT2D eigenvalue weighted by molar-refractivity contribution is 0.334. The molecule has 1 N–H and O–H groups in total. The third-order valence-corrected chi connectivity index (χ3v) is 4.12. The van der Waals surface area contributed by atoms with Gasteiger partial charge in [-0.1, -0.05) is 18.9 Å². The molecule has 19 heavy (non-hydrogen) atoms. The Hall–Kier alpha value is -1.10. The second kappa shape index (κ2) is 6.37. The van der Waals surface area contributed by atoms with Gasteiger partial charge < -0.3 is 14.6 Å². The molecule has 2 heterocycles. The molecule has 5 nitrogen and oxygen atoms in total. The summed E-state index contributed by atoms with van der Waals surface area (Å²) in [6, 6.07) is 1.28. The molecule has 1 aromatic rings. The largest absolute Gasteiger partial charge is 0.406 e. The van der Waals surface area contributed by atoms with Gasteiger partial charge in [0.25, 0.3) is 0 Å². The van der Waals surface area contributed by atoms with Crippen LogP contribution in [0.2, 0.25) is 0 Å². The monoisotopic (exact) mass is 266 g/mol. The van der Waals surface area contributed by atoms with Crippen molar-refractivity contribution < 1.29 is 4.42 Å². The molecule has 2 rings (SSSR count). The van der Waals surface area contributed by atoms with Crippen molar-refractivity contribution in [2.45, 2.75) is 59.0 Å². The zero-order valence-electron chi connectivity index (χ0n) is 12.5. The van der Waals surface area contributed by atoms with E-state index in [4.69, 9.17) is 4.42 Å². The minimum atomic E-state index is 0.124. The van der Waals surface area contributed by atoms with Crippen molar-refractivity contribution in [2.24, 2.45) is 5.92 Å². The van der Waals surface area contributed by atoms with Gasteiger partial charge in [0.2, 0.25) is 5.89 Å². The molecule has 3 unspecified atom stereocenters. The van der Waals surface area contributed by atoms with Gasteiger partial charge in [0, 0.05) is 12.6 Å². The molecular formula is C14H26N4O. The van der Waals surface area contributed by atoms with Gasteiger partial charge in [0.05, 0.1) is 6.04 Å². The van der Waals surface area contributed by atoms with Gasteiger partial charge in [-0.15, -0.1) is 5.10 Å². The smallest absolute Gasteiger partial charge is 0.318 e. The lowest BCUT2D eigenvalue weighted by atomic mass is 9.92. The summed E-state index contributed by atoms with van der Waals surface area (Å²) >= 11 is 0. The molecule has 1 saturated heterocycles. The fourth-order valence-corrected chi connectivity index (χ4v) is 2.57. The Morgan fingerprint density at radius 2 is 2.21 bits per heavy atom. The Morgan fingerprint density at radius 1 is 1.42 bits per heavy atom. The van der Waals surface area contributed by atoms with Crippen molar-refractivity contribution in [3.63, 3.8) is 0 Å². The molecule has 0 amide bonds. The Kier molecular flexibility index (Phi) is 4.80. The van der Waals surface area contributed by atoms with Crippen LogP contribution in [0.5, 0.6) is 0 Å². The van der Waals surface area contributed by atoms with Crippen molar-refractivity contribution >= 4 is 6.01 Å². The fraction of sp³-hybridized carbons (Fsp3) is 0.857. The van der Waals surface area contributed by atoms with Crippen LogP contribution >= 0.6 is 0 Å². The minimum Gasteiger partial charge on any atom is -0.406 e. The molecule has 1 aliphatic rings. The maximum Gasteiger partial charge on any atom is 0.318 e. The van der Waals surface area contributed by atoms with Crippen LogP contribution in [0.1, 0.15) is 58.9 Å². The number of nitrogens with one attached hydrogen (secondary N) is 1. The van der Waals surface area contributed by atoms with E-state index in [9.17, 15) is 0 Å². The maximum absolute atomic E-state index is 5.84. The van der Waals surface area contributed by atoms with Crippen LogP contribution in [0.4, 0.5) is 6.01 Å². The van der Waals surface area contributed by atoms with Crippen molar-refractivity contribution in [3.8, 4) is 0 Å². The SMILES string of the molecule is CCCNC(C)c1nnc(N2CCCC(C)C2C)o1. The number of hydrogen-bond donors (Lipinski definition) is 1. The molecule has 0 radical (unpaired) electrons. The second-order valence-electron chi connectivity index (χ2n) is 5.65. The molecule has 0 bridgehead atoms. The Balaban J connectivity index is 2.03. The quantitative estimate of drug-likeness (QED) is 0.888. The topological polar surface area (TPSA) is 54.2 Å². The number of anilines is 1. The lowest BCUT2D eigenvalue weighted by Crippen LogP contribution is -2.42. The third kappa shape index (κ3) is 3.26. The molecule has 3 atom stereocenters. The highest BCUT2D eigenvalue weighted by Gasteiger charge is 2.28.